The molecule has 0 atom stereocenters. The zero-order chi connectivity index (χ0) is 13.1. The molecule has 18 heavy (non-hydrogen) atoms. The summed E-state index contributed by atoms with van der Waals surface area (Å²) < 4.78 is 14.5. The number of benzene rings is 1. The Morgan fingerprint density at radius 2 is 2.22 bits per heavy atom. The normalized spacial score (nSPS) is 10.6. The average molecular weight is 269 g/mol. The molecule has 94 valence electrons. The number of hydrogen-bond acceptors (Lipinski definition) is 2. The summed E-state index contributed by atoms with van der Waals surface area (Å²) in [5.74, 6) is -1.35. The highest BCUT2D eigenvalue weighted by Gasteiger charge is 2.06. The van der Waals surface area contributed by atoms with Gasteiger partial charge in [0.1, 0.15) is 5.82 Å². The molecule has 0 aliphatic heterocycles. The third kappa shape index (κ3) is 2.87. The monoisotopic (exact) mass is 268 g/mol. The zero-order valence-corrected chi connectivity index (χ0v) is 10.1. The molecule has 1 N–H and O–H groups in total. The highest BCUT2D eigenvalue weighted by Crippen LogP contribution is 2.18. The zero-order valence-electron chi connectivity index (χ0n) is 9.31. The van der Waals surface area contributed by atoms with Crippen molar-refractivity contribution in [2.24, 2.45) is 0 Å². The molecule has 4 nitrogen and oxygen atoms in total. The van der Waals surface area contributed by atoms with Crippen LogP contribution in [0.2, 0.25) is 5.02 Å². The molecule has 0 bridgehead atoms. The lowest BCUT2D eigenvalue weighted by atomic mass is 10.2. The van der Waals surface area contributed by atoms with E-state index in [0.29, 0.717) is 17.8 Å². The fourth-order valence-electron chi connectivity index (χ4n) is 1.50. The number of carbonyl (C=O) groups is 1. The van der Waals surface area contributed by atoms with Crippen LogP contribution in [0.25, 0.3) is 5.69 Å². The van der Waals surface area contributed by atoms with Crippen LogP contribution in [0.15, 0.2) is 30.5 Å². The van der Waals surface area contributed by atoms with Crippen molar-refractivity contribution >= 4 is 17.6 Å². The van der Waals surface area contributed by atoms with Gasteiger partial charge in [-0.25, -0.2) is 9.07 Å². The van der Waals surface area contributed by atoms with Gasteiger partial charge in [0.15, 0.2) is 0 Å². The summed E-state index contributed by atoms with van der Waals surface area (Å²) >= 11 is 5.68. The molecule has 0 saturated carbocycles. The van der Waals surface area contributed by atoms with Crippen molar-refractivity contribution in [3.63, 3.8) is 0 Å². The second-order valence-electron chi connectivity index (χ2n) is 3.74. The number of aryl methyl sites for hydroxylation is 1. The van der Waals surface area contributed by atoms with E-state index in [2.05, 4.69) is 5.10 Å². The van der Waals surface area contributed by atoms with E-state index >= 15 is 0 Å². The predicted octanol–water partition coefficient (Wildman–Crippen LogP) is 2.68. The molecule has 1 aromatic carbocycles. The molecule has 0 fully saturated rings. The molecular formula is C12H10ClFN2O2. The van der Waals surface area contributed by atoms with E-state index in [-0.39, 0.29) is 11.4 Å². The Labute approximate surface area is 108 Å². The Hall–Kier alpha value is -1.88. The third-order valence-corrected chi connectivity index (χ3v) is 2.70. The third-order valence-electron chi connectivity index (χ3n) is 2.41. The maximum Gasteiger partial charge on any atom is 0.303 e. The first kappa shape index (κ1) is 12.6. The van der Waals surface area contributed by atoms with E-state index in [0.717, 1.165) is 0 Å². The SMILES string of the molecule is O=C(O)CCc1ccn(-c2ccc(F)c(Cl)c2)n1. The average Bonchev–Trinajstić information content (AvgIpc) is 2.79. The standard InChI is InChI=1S/C12H10ClFN2O2/c13-10-7-9(2-3-11(10)14)16-6-5-8(15-16)1-4-12(17)18/h2-3,5-7H,1,4H2,(H,17,18). The molecule has 2 rings (SSSR count). The minimum atomic E-state index is -0.866. The summed E-state index contributed by atoms with van der Waals surface area (Å²) in [7, 11) is 0. The quantitative estimate of drug-likeness (QED) is 0.927. The maximum absolute atomic E-state index is 13.0. The predicted molar refractivity (Wildman–Crippen MR) is 64.5 cm³/mol. The lowest BCUT2D eigenvalue weighted by molar-refractivity contribution is -0.136. The van der Waals surface area contributed by atoms with Gasteiger partial charge >= 0.3 is 5.97 Å². The van der Waals surface area contributed by atoms with Gasteiger partial charge in [0.2, 0.25) is 0 Å². The molecule has 0 aliphatic carbocycles. The lowest BCUT2D eigenvalue weighted by Gasteiger charge is -2.02. The van der Waals surface area contributed by atoms with Gasteiger partial charge in [-0.3, -0.25) is 4.79 Å². The van der Waals surface area contributed by atoms with Crippen molar-refractivity contribution in [3.8, 4) is 5.69 Å². The van der Waals surface area contributed by atoms with Gasteiger partial charge in [-0.2, -0.15) is 5.10 Å². The Bertz CT molecular complexity index is 583. The van der Waals surface area contributed by atoms with Crippen molar-refractivity contribution in [1.82, 2.24) is 9.78 Å². The van der Waals surface area contributed by atoms with Gasteiger partial charge in [-0.05, 0) is 24.3 Å². The molecule has 0 radical (unpaired) electrons. The van der Waals surface area contributed by atoms with Crippen LogP contribution in [0.4, 0.5) is 4.39 Å². The summed E-state index contributed by atoms with van der Waals surface area (Å²) in [6.07, 6.45) is 2.07. The smallest absolute Gasteiger partial charge is 0.303 e. The Morgan fingerprint density at radius 3 is 2.89 bits per heavy atom. The fraction of sp³-hybridized carbons (Fsp3) is 0.167. The summed E-state index contributed by atoms with van der Waals surface area (Å²) in [4.78, 5) is 10.4. The molecule has 2 aromatic rings. The molecular weight excluding hydrogens is 259 g/mol. The first-order valence-corrected chi connectivity index (χ1v) is 5.66. The largest absolute Gasteiger partial charge is 0.481 e. The fourth-order valence-corrected chi connectivity index (χ4v) is 1.68. The van der Waals surface area contributed by atoms with Gasteiger partial charge in [-0.1, -0.05) is 11.6 Å². The number of hydrogen-bond donors (Lipinski definition) is 1. The van der Waals surface area contributed by atoms with E-state index in [9.17, 15) is 9.18 Å². The van der Waals surface area contributed by atoms with E-state index < -0.39 is 11.8 Å². The number of aromatic nitrogens is 2. The van der Waals surface area contributed by atoms with Gasteiger partial charge in [-0.15, -0.1) is 0 Å². The molecule has 0 amide bonds. The second kappa shape index (κ2) is 5.18. The van der Waals surface area contributed by atoms with E-state index in [1.165, 1.54) is 16.8 Å². The number of aliphatic carboxylic acids is 1. The van der Waals surface area contributed by atoms with Crippen LogP contribution in [0.1, 0.15) is 12.1 Å². The number of nitrogens with zero attached hydrogens (tertiary/aromatic N) is 2. The molecule has 1 aromatic heterocycles. The molecule has 0 saturated heterocycles. The summed E-state index contributed by atoms with van der Waals surface area (Å²) in [6.45, 7) is 0. The van der Waals surface area contributed by atoms with Crippen molar-refractivity contribution in [2.45, 2.75) is 12.8 Å². The summed E-state index contributed by atoms with van der Waals surface area (Å²) in [5, 5.41) is 12.8. The van der Waals surface area contributed by atoms with Crippen LogP contribution < -0.4 is 0 Å². The topological polar surface area (TPSA) is 55.1 Å². The number of carboxylic acid groups (broad SMARTS) is 1. The summed E-state index contributed by atoms with van der Waals surface area (Å²) in [6, 6.07) is 6.00. The number of halogens is 2. The highest BCUT2D eigenvalue weighted by atomic mass is 35.5. The van der Waals surface area contributed by atoms with Crippen LogP contribution >= 0.6 is 11.6 Å². The van der Waals surface area contributed by atoms with Gasteiger partial charge in [0.25, 0.3) is 0 Å². The molecule has 1 heterocycles. The highest BCUT2D eigenvalue weighted by molar-refractivity contribution is 6.30. The van der Waals surface area contributed by atoms with Crippen molar-refractivity contribution in [2.75, 3.05) is 0 Å². The molecule has 0 spiro atoms. The van der Waals surface area contributed by atoms with E-state index in [1.807, 2.05) is 0 Å². The minimum absolute atomic E-state index is 0.0232. The summed E-state index contributed by atoms with van der Waals surface area (Å²) in [5.41, 5.74) is 1.29. The van der Waals surface area contributed by atoms with Crippen LogP contribution in [-0.2, 0) is 11.2 Å². The Morgan fingerprint density at radius 1 is 1.44 bits per heavy atom. The van der Waals surface area contributed by atoms with Gasteiger partial charge in [0, 0.05) is 12.6 Å². The van der Waals surface area contributed by atoms with Crippen LogP contribution in [0.3, 0.4) is 0 Å². The number of carboxylic acids is 1. The molecule has 0 aliphatic rings. The van der Waals surface area contributed by atoms with Gasteiger partial charge < -0.3 is 5.11 Å². The van der Waals surface area contributed by atoms with E-state index in [1.54, 1.807) is 18.3 Å². The number of rotatable bonds is 4. The van der Waals surface area contributed by atoms with Crippen molar-refractivity contribution < 1.29 is 14.3 Å². The van der Waals surface area contributed by atoms with Crippen LogP contribution in [0, 0.1) is 5.82 Å². The minimum Gasteiger partial charge on any atom is -0.481 e. The van der Waals surface area contributed by atoms with E-state index in [4.69, 9.17) is 16.7 Å². The Balaban J connectivity index is 2.18. The first-order chi connectivity index (χ1) is 8.56. The second-order valence-corrected chi connectivity index (χ2v) is 4.15. The van der Waals surface area contributed by atoms with Crippen molar-refractivity contribution in [1.29, 1.82) is 0 Å². The van der Waals surface area contributed by atoms with Crippen molar-refractivity contribution in [3.05, 3.63) is 47.0 Å². The molecule has 6 heteroatoms. The maximum atomic E-state index is 13.0. The first-order valence-electron chi connectivity index (χ1n) is 5.28. The molecule has 0 unspecified atom stereocenters. The van der Waals surface area contributed by atoms with Crippen LogP contribution in [-0.4, -0.2) is 20.9 Å². The Kier molecular flexibility index (Phi) is 3.62. The van der Waals surface area contributed by atoms with Gasteiger partial charge in [0.05, 0.1) is 22.8 Å². The lowest BCUT2D eigenvalue weighted by Crippen LogP contribution is -2.00. The van der Waals surface area contributed by atoms with Crippen LogP contribution in [0.5, 0.6) is 0 Å².